The van der Waals surface area contributed by atoms with Gasteiger partial charge in [-0.1, -0.05) is 12.1 Å². The van der Waals surface area contributed by atoms with Crippen LogP contribution in [-0.4, -0.2) is 39.2 Å². The zero-order valence-electron chi connectivity index (χ0n) is 11.2. The molecule has 0 unspecified atom stereocenters. The summed E-state index contributed by atoms with van der Waals surface area (Å²) in [5.41, 5.74) is 1.25. The van der Waals surface area contributed by atoms with Crippen molar-refractivity contribution in [3.63, 3.8) is 0 Å². The topological polar surface area (TPSA) is 113 Å². The predicted octanol–water partition coefficient (Wildman–Crippen LogP) is 0.791. The van der Waals surface area contributed by atoms with Crippen LogP contribution in [0.3, 0.4) is 0 Å². The number of aliphatic hydroxyl groups excluding tert-OH is 1. The molecule has 3 N–H and O–H groups in total. The van der Waals surface area contributed by atoms with Gasteiger partial charge in [-0.25, -0.2) is 9.78 Å². The number of hydrogen-bond donors (Lipinski definition) is 3. The molecule has 2 atom stereocenters. The minimum absolute atomic E-state index is 0.232. The number of carbonyl (C=O) groups excluding carboxylic acids is 1. The third-order valence-corrected chi connectivity index (χ3v) is 2.73. The Labute approximate surface area is 119 Å². The molecule has 0 fully saturated rings. The normalized spacial score (nSPS) is 14.2. The summed E-state index contributed by atoms with van der Waals surface area (Å²) >= 11 is 0. The second kappa shape index (κ2) is 6.19. The summed E-state index contributed by atoms with van der Waals surface area (Å²) in [6, 6.07) is 5.75. The van der Waals surface area contributed by atoms with Crippen LogP contribution in [0.5, 0.6) is 0 Å². The number of nitrogens with one attached hydrogen (secondary N) is 1. The van der Waals surface area contributed by atoms with Crippen molar-refractivity contribution in [2.75, 3.05) is 0 Å². The van der Waals surface area contributed by atoms with E-state index in [1.807, 2.05) is 6.07 Å². The van der Waals surface area contributed by atoms with Crippen molar-refractivity contribution in [2.45, 2.75) is 19.1 Å². The van der Waals surface area contributed by atoms with Crippen LogP contribution in [0, 0.1) is 0 Å². The molecule has 2 aromatic rings. The van der Waals surface area contributed by atoms with Crippen molar-refractivity contribution in [3.05, 3.63) is 36.2 Å². The van der Waals surface area contributed by atoms with Gasteiger partial charge in [0.25, 0.3) is 0 Å². The number of carboxylic acids is 1. The summed E-state index contributed by atoms with van der Waals surface area (Å²) in [5.74, 6) is -1.74. The molecular formula is C14H14N2O5. The molecule has 1 aromatic heterocycles. The van der Waals surface area contributed by atoms with E-state index in [1.54, 1.807) is 18.2 Å². The summed E-state index contributed by atoms with van der Waals surface area (Å²) in [5, 5.41) is 20.3. The van der Waals surface area contributed by atoms with Gasteiger partial charge in [0.1, 0.15) is 5.52 Å². The smallest absolute Gasteiger partial charge is 0.328 e. The Morgan fingerprint density at radius 3 is 2.71 bits per heavy atom. The lowest BCUT2D eigenvalue weighted by Crippen LogP contribution is -2.47. The van der Waals surface area contributed by atoms with Crippen molar-refractivity contribution in [3.8, 4) is 0 Å². The minimum Gasteiger partial charge on any atom is -0.480 e. The lowest BCUT2D eigenvalue weighted by molar-refractivity contribution is -0.144. The Bertz CT molecular complexity index is 656. The molecule has 0 aliphatic heterocycles. The number of aliphatic carboxylic acids is 1. The maximum Gasteiger partial charge on any atom is 0.328 e. The van der Waals surface area contributed by atoms with E-state index in [0.29, 0.717) is 11.1 Å². The van der Waals surface area contributed by atoms with Gasteiger partial charge < -0.3 is 19.9 Å². The van der Waals surface area contributed by atoms with E-state index in [1.165, 1.54) is 13.0 Å². The Balaban J connectivity index is 2.06. The molecule has 0 aliphatic carbocycles. The van der Waals surface area contributed by atoms with Crippen LogP contribution < -0.4 is 5.32 Å². The maximum absolute atomic E-state index is 11.6. The molecule has 110 valence electrons. The van der Waals surface area contributed by atoms with E-state index in [2.05, 4.69) is 10.3 Å². The molecule has 0 spiro atoms. The highest BCUT2D eigenvalue weighted by Gasteiger charge is 2.23. The highest BCUT2D eigenvalue weighted by atomic mass is 16.4. The second-order valence-electron chi connectivity index (χ2n) is 4.42. The Morgan fingerprint density at radius 1 is 1.38 bits per heavy atom. The first-order chi connectivity index (χ1) is 9.97. The summed E-state index contributed by atoms with van der Waals surface area (Å²) in [6.45, 7) is 1.28. The molecular weight excluding hydrogens is 276 g/mol. The van der Waals surface area contributed by atoms with Crippen molar-refractivity contribution < 1.29 is 24.2 Å². The van der Waals surface area contributed by atoms with E-state index in [9.17, 15) is 14.7 Å². The molecule has 0 aliphatic rings. The Kier molecular flexibility index (Phi) is 4.34. The first-order valence-electron chi connectivity index (χ1n) is 6.22. The summed E-state index contributed by atoms with van der Waals surface area (Å²) in [4.78, 5) is 26.6. The number of nitrogens with zero attached hydrogens (tertiary/aromatic N) is 1. The first-order valence-corrected chi connectivity index (χ1v) is 6.22. The number of rotatable bonds is 5. The van der Waals surface area contributed by atoms with Crippen LogP contribution >= 0.6 is 0 Å². The molecule has 1 aromatic carbocycles. The van der Waals surface area contributed by atoms with Crippen LogP contribution in [0.1, 0.15) is 12.8 Å². The zero-order valence-corrected chi connectivity index (χ0v) is 11.2. The van der Waals surface area contributed by atoms with E-state index >= 15 is 0 Å². The quantitative estimate of drug-likeness (QED) is 0.702. The molecule has 1 heterocycles. The zero-order chi connectivity index (χ0) is 15.4. The number of para-hydroxylation sites is 2. The Hall–Kier alpha value is -2.67. The number of carbonyl (C=O) groups is 2. The van der Waals surface area contributed by atoms with Crippen LogP contribution in [0.25, 0.3) is 17.2 Å². The fourth-order valence-electron chi connectivity index (χ4n) is 1.70. The number of aliphatic hydroxyl groups is 1. The van der Waals surface area contributed by atoms with E-state index in [0.717, 1.165) is 6.08 Å². The van der Waals surface area contributed by atoms with Crippen molar-refractivity contribution in [1.29, 1.82) is 0 Å². The van der Waals surface area contributed by atoms with Crippen molar-refractivity contribution in [2.24, 2.45) is 0 Å². The van der Waals surface area contributed by atoms with Crippen LogP contribution in [0.2, 0.25) is 0 Å². The lowest BCUT2D eigenvalue weighted by Gasteiger charge is -2.15. The Morgan fingerprint density at radius 2 is 2.10 bits per heavy atom. The van der Waals surface area contributed by atoms with Crippen LogP contribution in [0.15, 0.2) is 34.8 Å². The molecule has 2 rings (SSSR count). The van der Waals surface area contributed by atoms with Gasteiger partial charge in [0, 0.05) is 12.2 Å². The molecule has 0 saturated carbocycles. The van der Waals surface area contributed by atoms with Gasteiger partial charge in [-0.15, -0.1) is 0 Å². The summed E-state index contributed by atoms with van der Waals surface area (Å²) < 4.78 is 5.37. The minimum atomic E-state index is -1.37. The molecule has 0 saturated heterocycles. The van der Waals surface area contributed by atoms with Gasteiger partial charge in [-0.3, -0.25) is 4.79 Å². The number of fused-ring (bicyclic) bond motifs is 1. The standard InChI is InChI=1S/C14H14N2O5/c1-8(17)13(14(19)20)16-11(18)6-7-12-15-9-4-2-3-5-10(9)21-12/h2-8,13,17H,1H3,(H,16,18)(H,19,20)/b7-6+/t8-,13+/m1/s1. The van der Waals surface area contributed by atoms with Gasteiger partial charge in [0.05, 0.1) is 6.10 Å². The molecule has 21 heavy (non-hydrogen) atoms. The van der Waals surface area contributed by atoms with Gasteiger partial charge in [-0.2, -0.15) is 0 Å². The number of hydrogen-bond acceptors (Lipinski definition) is 5. The monoisotopic (exact) mass is 290 g/mol. The average molecular weight is 290 g/mol. The van der Waals surface area contributed by atoms with Crippen molar-refractivity contribution >= 4 is 29.1 Å². The molecule has 0 radical (unpaired) electrons. The predicted molar refractivity (Wildman–Crippen MR) is 74.3 cm³/mol. The van der Waals surface area contributed by atoms with Crippen molar-refractivity contribution in [1.82, 2.24) is 10.3 Å². The highest BCUT2D eigenvalue weighted by Crippen LogP contribution is 2.15. The molecule has 7 heteroatoms. The summed E-state index contributed by atoms with van der Waals surface area (Å²) in [7, 11) is 0. The number of oxazole rings is 1. The number of amides is 1. The molecule has 1 amide bonds. The third-order valence-electron chi connectivity index (χ3n) is 2.73. The van der Waals surface area contributed by atoms with Crippen LogP contribution in [-0.2, 0) is 9.59 Å². The lowest BCUT2D eigenvalue weighted by atomic mass is 10.2. The second-order valence-corrected chi connectivity index (χ2v) is 4.42. The SMILES string of the molecule is C[C@@H](O)[C@H](NC(=O)/C=C/c1nc2ccccc2o1)C(=O)O. The van der Waals surface area contributed by atoms with E-state index in [4.69, 9.17) is 9.52 Å². The maximum atomic E-state index is 11.6. The van der Waals surface area contributed by atoms with Crippen LogP contribution in [0.4, 0.5) is 0 Å². The van der Waals surface area contributed by atoms with Gasteiger partial charge >= 0.3 is 5.97 Å². The number of carboxylic acid groups (broad SMARTS) is 1. The third kappa shape index (κ3) is 3.67. The number of aromatic nitrogens is 1. The molecule has 0 bridgehead atoms. The van der Waals surface area contributed by atoms with E-state index < -0.39 is 24.0 Å². The first kappa shape index (κ1) is 14.7. The fraction of sp³-hybridized carbons (Fsp3) is 0.214. The number of benzene rings is 1. The van der Waals surface area contributed by atoms with E-state index in [-0.39, 0.29) is 5.89 Å². The largest absolute Gasteiger partial charge is 0.480 e. The highest BCUT2D eigenvalue weighted by molar-refractivity contribution is 5.94. The molecule has 7 nitrogen and oxygen atoms in total. The van der Waals surface area contributed by atoms with Gasteiger partial charge in [0.2, 0.25) is 11.8 Å². The van der Waals surface area contributed by atoms with Gasteiger partial charge in [0.15, 0.2) is 11.6 Å². The average Bonchev–Trinajstić information content (AvgIpc) is 2.84. The fourth-order valence-corrected chi connectivity index (χ4v) is 1.70. The summed E-state index contributed by atoms with van der Waals surface area (Å²) in [6.07, 6.45) is 1.23. The van der Waals surface area contributed by atoms with Gasteiger partial charge in [-0.05, 0) is 19.1 Å².